The van der Waals surface area contributed by atoms with Crippen molar-refractivity contribution in [2.45, 2.75) is 170 Å². The molecule has 0 radical (unpaired) electrons. The van der Waals surface area contributed by atoms with Crippen LogP contribution in [0, 0.1) is 11.8 Å². The molecule has 0 aliphatic carbocycles. The largest absolute Gasteiger partial charge is 0.463 e. The van der Waals surface area contributed by atoms with Crippen LogP contribution in [0.1, 0.15) is 133 Å². The molecule has 0 saturated carbocycles. The fraction of sp³-hybridized carbons (Fsp3) is 0.824. The van der Waals surface area contributed by atoms with Gasteiger partial charge in [0, 0.05) is 48.0 Å². The van der Waals surface area contributed by atoms with Crippen LogP contribution in [0.25, 0.3) is 0 Å². The van der Waals surface area contributed by atoms with Gasteiger partial charge >= 0.3 is 29.8 Å². The van der Waals surface area contributed by atoms with Gasteiger partial charge in [0.05, 0.1) is 6.04 Å². The molecule has 1 amide bonds. The monoisotopic (exact) mass is 657 g/mol. The molecule has 0 rings (SSSR count). The lowest BCUT2D eigenvalue weighted by Gasteiger charge is -2.33. The first-order valence-corrected chi connectivity index (χ1v) is 16.6. The fourth-order valence-electron chi connectivity index (χ4n) is 5.75. The van der Waals surface area contributed by atoms with Crippen molar-refractivity contribution in [2.75, 3.05) is 0 Å². The van der Waals surface area contributed by atoms with Gasteiger partial charge in [-0.25, -0.2) is 0 Å². The van der Waals surface area contributed by atoms with Crippen LogP contribution >= 0.6 is 0 Å². The van der Waals surface area contributed by atoms with E-state index in [4.69, 9.17) is 23.7 Å². The second-order valence-electron chi connectivity index (χ2n) is 12.5. The first-order chi connectivity index (χ1) is 21.4. The molecule has 0 spiro atoms. The first-order valence-electron chi connectivity index (χ1n) is 16.6. The average Bonchev–Trinajstić information content (AvgIpc) is 2.90. The topological polar surface area (TPSA) is 161 Å². The minimum Gasteiger partial charge on any atom is -0.463 e. The normalized spacial score (nSPS) is 16.3. The lowest BCUT2D eigenvalue weighted by Crippen LogP contribution is -2.44. The van der Waals surface area contributed by atoms with Crippen molar-refractivity contribution in [3.8, 4) is 0 Å². The van der Waals surface area contributed by atoms with E-state index in [0.29, 0.717) is 38.5 Å². The van der Waals surface area contributed by atoms with Crippen molar-refractivity contribution in [1.82, 2.24) is 5.32 Å². The van der Waals surface area contributed by atoms with Crippen LogP contribution in [-0.4, -0.2) is 72.3 Å². The molecule has 12 nitrogen and oxygen atoms in total. The zero-order chi connectivity index (χ0) is 35.4. The summed E-state index contributed by atoms with van der Waals surface area (Å²) in [4.78, 5) is 71.0. The number of nitrogens with one attached hydrogen (secondary N) is 1. The van der Waals surface area contributed by atoms with E-state index >= 15 is 0 Å². The van der Waals surface area contributed by atoms with Crippen LogP contribution in [0.4, 0.5) is 0 Å². The Morgan fingerprint density at radius 2 is 1.00 bits per heavy atom. The zero-order valence-corrected chi connectivity index (χ0v) is 29.7. The van der Waals surface area contributed by atoms with Gasteiger partial charge in [-0.15, -0.1) is 0 Å². The van der Waals surface area contributed by atoms with E-state index in [-0.39, 0.29) is 24.2 Å². The van der Waals surface area contributed by atoms with Crippen LogP contribution in [0.2, 0.25) is 0 Å². The number of hydrogen-bond acceptors (Lipinski definition) is 11. The molecule has 0 aromatic heterocycles. The number of rotatable bonds is 23. The Morgan fingerprint density at radius 3 is 1.43 bits per heavy atom. The first kappa shape index (κ1) is 42.8. The molecule has 0 aliphatic rings. The molecule has 266 valence electrons. The van der Waals surface area contributed by atoms with Crippen LogP contribution < -0.4 is 5.32 Å². The standard InChI is InChI=1S/C34H59NO11/c1-11-12-15-22(3)34(46-29(10)41)33(45-28(9)40)19-21(2)18-30(42-25(6)37)16-13-14-17-31(43-26(7)38)20-32(44-27(8)39)23(4)35-24(5)36/h21-23,30-34H,11-20H2,1-10H3,(H,35,36)/t21-,22+,23-,30+,31+,32-,33-,34+/m0/s1. The number of carbonyl (C=O) groups excluding carboxylic acids is 6. The predicted octanol–water partition coefficient (Wildman–Crippen LogP) is 5.36. The van der Waals surface area contributed by atoms with E-state index in [1.165, 1.54) is 41.5 Å². The third-order valence-electron chi connectivity index (χ3n) is 7.63. The Labute approximate surface area is 275 Å². The lowest BCUT2D eigenvalue weighted by atomic mass is 9.87. The summed E-state index contributed by atoms with van der Waals surface area (Å²) in [6.07, 6.45) is 3.31. The summed E-state index contributed by atoms with van der Waals surface area (Å²) < 4.78 is 27.9. The summed E-state index contributed by atoms with van der Waals surface area (Å²) in [5.41, 5.74) is 0. The molecule has 12 heteroatoms. The van der Waals surface area contributed by atoms with E-state index in [2.05, 4.69) is 12.2 Å². The summed E-state index contributed by atoms with van der Waals surface area (Å²) in [5, 5.41) is 2.72. The molecule has 0 heterocycles. The predicted molar refractivity (Wildman–Crippen MR) is 171 cm³/mol. The third kappa shape index (κ3) is 20.8. The highest BCUT2D eigenvalue weighted by atomic mass is 16.6. The van der Waals surface area contributed by atoms with Crippen LogP contribution in [0.15, 0.2) is 0 Å². The van der Waals surface area contributed by atoms with Gasteiger partial charge in [-0.2, -0.15) is 0 Å². The second-order valence-corrected chi connectivity index (χ2v) is 12.5. The summed E-state index contributed by atoms with van der Waals surface area (Å²) in [5.74, 6) is -2.61. The highest BCUT2D eigenvalue weighted by Crippen LogP contribution is 2.28. The molecular weight excluding hydrogens is 598 g/mol. The van der Waals surface area contributed by atoms with E-state index in [1.807, 2.05) is 13.8 Å². The van der Waals surface area contributed by atoms with Gasteiger partial charge in [0.2, 0.25) is 5.91 Å². The van der Waals surface area contributed by atoms with Crippen molar-refractivity contribution in [1.29, 1.82) is 0 Å². The van der Waals surface area contributed by atoms with Crippen molar-refractivity contribution in [3.05, 3.63) is 0 Å². The van der Waals surface area contributed by atoms with Crippen molar-refractivity contribution >= 4 is 35.8 Å². The number of carbonyl (C=O) groups is 6. The van der Waals surface area contributed by atoms with Crippen LogP contribution in [0.5, 0.6) is 0 Å². The molecule has 0 saturated heterocycles. The van der Waals surface area contributed by atoms with Gasteiger partial charge in [0.15, 0.2) is 0 Å². The summed E-state index contributed by atoms with van der Waals surface area (Å²) in [7, 11) is 0. The lowest BCUT2D eigenvalue weighted by molar-refractivity contribution is -0.171. The summed E-state index contributed by atoms with van der Waals surface area (Å²) in [6.45, 7) is 15.8. The molecule has 0 unspecified atom stereocenters. The van der Waals surface area contributed by atoms with Crippen LogP contribution in [0.3, 0.4) is 0 Å². The van der Waals surface area contributed by atoms with Crippen molar-refractivity contribution in [3.63, 3.8) is 0 Å². The van der Waals surface area contributed by atoms with Crippen molar-refractivity contribution in [2.24, 2.45) is 11.8 Å². The molecule has 0 aromatic carbocycles. The number of ether oxygens (including phenoxy) is 5. The van der Waals surface area contributed by atoms with Gasteiger partial charge in [-0.3, -0.25) is 28.8 Å². The van der Waals surface area contributed by atoms with Crippen molar-refractivity contribution < 1.29 is 52.5 Å². The zero-order valence-electron chi connectivity index (χ0n) is 29.7. The highest BCUT2D eigenvalue weighted by molar-refractivity contribution is 5.73. The minimum absolute atomic E-state index is 0.0171. The minimum atomic E-state index is -0.689. The molecule has 8 atom stereocenters. The molecule has 46 heavy (non-hydrogen) atoms. The highest BCUT2D eigenvalue weighted by Gasteiger charge is 2.34. The summed E-state index contributed by atoms with van der Waals surface area (Å²) in [6, 6.07) is -0.486. The quantitative estimate of drug-likeness (QED) is 0.0855. The number of amides is 1. The number of unbranched alkanes of at least 4 members (excludes halogenated alkanes) is 2. The maximum absolute atomic E-state index is 12.0. The Morgan fingerprint density at radius 1 is 0.543 bits per heavy atom. The maximum atomic E-state index is 12.0. The molecule has 0 aliphatic heterocycles. The Hall–Kier alpha value is -3.18. The summed E-state index contributed by atoms with van der Waals surface area (Å²) >= 11 is 0. The van der Waals surface area contributed by atoms with Crippen LogP contribution in [-0.2, 0) is 52.5 Å². The Bertz CT molecular complexity index is 969. The maximum Gasteiger partial charge on any atom is 0.303 e. The molecule has 1 N–H and O–H groups in total. The molecular formula is C34H59NO11. The third-order valence-corrected chi connectivity index (χ3v) is 7.63. The smallest absolute Gasteiger partial charge is 0.303 e. The van der Waals surface area contributed by atoms with Gasteiger partial charge < -0.3 is 29.0 Å². The molecule has 0 bridgehead atoms. The van der Waals surface area contributed by atoms with E-state index < -0.39 is 66.4 Å². The molecule has 0 aromatic rings. The van der Waals surface area contributed by atoms with Gasteiger partial charge in [0.25, 0.3) is 0 Å². The van der Waals surface area contributed by atoms with Gasteiger partial charge in [-0.1, -0.05) is 33.6 Å². The second kappa shape index (κ2) is 23.2. The van der Waals surface area contributed by atoms with E-state index in [9.17, 15) is 28.8 Å². The SMILES string of the molecule is CCCC[C@@H](C)[C@@H](OC(C)=O)[C@H](C[C@@H](C)C[C@@H](CCCC[C@H](C[C@H](OC(C)=O)[C@H](C)NC(C)=O)OC(C)=O)OC(C)=O)OC(C)=O. The Kier molecular flexibility index (Phi) is 21.6. The fourth-order valence-corrected chi connectivity index (χ4v) is 5.75. The van der Waals surface area contributed by atoms with Gasteiger partial charge in [-0.05, 0) is 63.7 Å². The Balaban J connectivity index is 5.53. The average molecular weight is 658 g/mol. The molecule has 0 fully saturated rings. The van der Waals surface area contributed by atoms with E-state index in [0.717, 1.165) is 19.3 Å². The van der Waals surface area contributed by atoms with Gasteiger partial charge in [0.1, 0.15) is 30.5 Å². The number of hydrogen-bond donors (Lipinski definition) is 1. The van der Waals surface area contributed by atoms with E-state index in [1.54, 1.807) is 6.92 Å². The number of esters is 5.